The quantitative estimate of drug-likeness (QED) is 0.877. The van der Waals surface area contributed by atoms with E-state index in [2.05, 4.69) is 15.9 Å². The van der Waals surface area contributed by atoms with Gasteiger partial charge in [0.15, 0.2) is 0 Å². The average Bonchev–Trinajstić information content (AvgIpc) is 2.28. The maximum Gasteiger partial charge on any atom is 0.257 e. The Labute approximate surface area is 115 Å². The number of benzene rings is 1. The Morgan fingerprint density at radius 3 is 2.61 bits per heavy atom. The number of amides is 1. The lowest BCUT2D eigenvalue weighted by Gasteiger charge is -2.27. The molecule has 0 saturated heterocycles. The standard InChI is InChI=1S/C13H18BrNO3/c1-9(2)15(6-3-7-16)13(18)11-5-4-10(14)8-12(11)17/h4-5,8-9,16-17H,3,6-7H2,1-2H3. The molecule has 0 bridgehead atoms. The Morgan fingerprint density at radius 1 is 1.44 bits per heavy atom. The number of halogens is 1. The number of phenolic OH excluding ortho intramolecular Hbond substituents is 1. The lowest BCUT2D eigenvalue weighted by molar-refractivity contribution is 0.0690. The van der Waals surface area contributed by atoms with E-state index in [9.17, 15) is 9.90 Å². The molecule has 1 rings (SSSR count). The van der Waals surface area contributed by atoms with Crippen molar-refractivity contribution in [1.29, 1.82) is 0 Å². The number of hydrogen-bond donors (Lipinski definition) is 2. The van der Waals surface area contributed by atoms with Crippen LogP contribution in [0.2, 0.25) is 0 Å². The van der Waals surface area contributed by atoms with E-state index in [4.69, 9.17) is 5.11 Å². The maximum atomic E-state index is 12.3. The monoisotopic (exact) mass is 315 g/mol. The van der Waals surface area contributed by atoms with Crippen LogP contribution in [-0.2, 0) is 0 Å². The van der Waals surface area contributed by atoms with Crippen LogP contribution in [0.5, 0.6) is 5.75 Å². The molecule has 2 N–H and O–H groups in total. The largest absolute Gasteiger partial charge is 0.507 e. The summed E-state index contributed by atoms with van der Waals surface area (Å²) in [6, 6.07) is 4.83. The van der Waals surface area contributed by atoms with Gasteiger partial charge < -0.3 is 15.1 Å². The van der Waals surface area contributed by atoms with Crippen LogP contribution in [0.25, 0.3) is 0 Å². The summed E-state index contributed by atoms with van der Waals surface area (Å²) in [5.41, 5.74) is 0.282. The fourth-order valence-corrected chi connectivity index (χ4v) is 2.02. The first-order valence-electron chi connectivity index (χ1n) is 5.87. The third-order valence-corrected chi connectivity index (χ3v) is 3.12. The third kappa shape index (κ3) is 3.71. The molecule has 0 aliphatic heterocycles. The van der Waals surface area contributed by atoms with Gasteiger partial charge in [-0.05, 0) is 38.5 Å². The second-order valence-corrected chi connectivity index (χ2v) is 5.25. The number of carbonyl (C=O) groups is 1. The van der Waals surface area contributed by atoms with Crippen LogP contribution in [0.15, 0.2) is 22.7 Å². The molecule has 0 saturated carbocycles. The highest BCUT2D eigenvalue weighted by atomic mass is 79.9. The van der Waals surface area contributed by atoms with Crippen molar-refractivity contribution >= 4 is 21.8 Å². The Morgan fingerprint density at radius 2 is 2.11 bits per heavy atom. The highest BCUT2D eigenvalue weighted by molar-refractivity contribution is 9.10. The van der Waals surface area contributed by atoms with E-state index >= 15 is 0 Å². The topological polar surface area (TPSA) is 60.8 Å². The SMILES string of the molecule is CC(C)N(CCCO)C(=O)c1ccc(Br)cc1O. The number of aromatic hydroxyl groups is 1. The van der Waals surface area contributed by atoms with Crippen molar-refractivity contribution in [3.8, 4) is 5.75 Å². The molecule has 0 aliphatic rings. The predicted octanol–water partition coefficient (Wildman–Crippen LogP) is 2.39. The van der Waals surface area contributed by atoms with Crippen molar-refractivity contribution in [3.63, 3.8) is 0 Å². The zero-order chi connectivity index (χ0) is 13.7. The van der Waals surface area contributed by atoms with Gasteiger partial charge in [-0.3, -0.25) is 4.79 Å². The van der Waals surface area contributed by atoms with Crippen LogP contribution in [0.3, 0.4) is 0 Å². The smallest absolute Gasteiger partial charge is 0.257 e. The van der Waals surface area contributed by atoms with E-state index in [1.165, 1.54) is 6.07 Å². The summed E-state index contributed by atoms with van der Waals surface area (Å²) in [6.45, 7) is 4.34. The van der Waals surface area contributed by atoms with Gasteiger partial charge >= 0.3 is 0 Å². The van der Waals surface area contributed by atoms with Crippen LogP contribution in [0.1, 0.15) is 30.6 Å². The molecule has 1 aromatic rings. The molecule has 100 valence electrons. The highest BCUT2D eigenvalue weighted by Crippen LogP contribution is 2.24. The number of nitrogens with zero attached hydrogens (tertiary/aromatic N) is 1. The van der Waals surface area contributed by atoms with Gasteiger partial charge in [0.25, 0.3) is 5.91 Å². The second kappa shape index (κ2) is 6.75. The summed E-state index contributed by atoms with van der Waals surface area (Å²) in [6.07, 6.45) is 0.529. The summed E-state index contributed by atoms with van der Waals surface area (Å²) in [5.74, 6) is -0.257. The van der Waals surface area contributed by atoms with Gasteiger partial charge in [-0.1, -0.05) is 15.9 Å². The van der Waals surface area contributed by atoms with Gasteiger partial charge in [0.05, 0.1) is 5.56 Å². The van der Waals surface area contributed by atoms with Crippen molar-refractivity contribution in [2.24, 2.45) is 0 Å². The van der Waals surface area contributed by atoms with E-state index < -0.39 is 0 Å². The van der Waals surface area contributed by atoms with Gasteiger partial charge in [0.1, 0.15) is 5.75 Å². The first-order chi connectivity index (χ1) is 8.47. The third-order valence-electron chi connectivity index (χ3n) is 2.63. The number of hydrogen-bond acceptors (Lipinski definition) is 3. The van der Waals surface area contributed by atoms with Crippen molar-refractivity contribution in [2.45, 2.75) is 26.3 Å². The Kier molecular flexibility index (Phi) is 5.62. The molecule has 0 radical (unpaired) electrons. The normalized spacial score (nSPS) is 10.7. The highest BCUT2D eigenvalue weighted by Gasteiger charge is 2.20. The molecule has 0 heterocycles. The zero-order valence-electron chi connectivity index (χ0n) is 10.6. The zero-order valence-corrected chi connectivity index (χ0v) is 12.1. The van der Waals surface area contributed by atoms with Gasteiger partial charge in [0, 0.05) is 23.7 Å². The predicted molar refractivity (Wildman–Crippen MR) is 73.7 cm³/mol. The van der Waals surface area contributed by atoms with Crippen molar-refractivity contribution in [1.82, 2.24) is 4.90 Å². The molecule has 1 aromatic carbocycles. The molecule has 0 atom stereocenters. The van der Waals surface area contributed by atoms with Gasteiger partial charge in [-0.2, -0.15) is 0 Å². The number of rotatable bonds is 5. The lowest BCUT2D eigenvalue weighted by atomic mass is 10.1. The van der Waals surface area contributed by atoms with Crippen LogP contribution >= 0.6 is 15.9 Å². The molecular formula is C13H18BrNO3. The first-order valence-corrected chi connectivity index (χ1v) is 6.67. The van der Waals surface area contributed by atoms with E-state index in [0.717, 1.165) is 4.47 Å². The maximum absolute atomic E-state index is 12.3. The molecule has 0 aromatic heterocycles. The van der Waals surface area contributed by atoms with Crippen LogP contribution in [0, 0.1) is 0 Å². The minimum Gasteiger partial charge on any atom is -0.507 e. The number of phenols is 1. The summed E-state index contributed by atoms with van der Waals surface area (Å²) in [7, 11) is 0. The molecular weight excluding hydrogens is 298 g/mol. The summed E-state index contributed by atoms with van der Waals surface area (Å²) >= 11 is 3.24. The van der Waals surface area contributed by atoms with E-state index in [1.807, 2.05) is 13.8 Å². The van der Waals surface area contributed by atoms with Crippen LogP contribution in [-0.4, -0.2) is 40.2 Å². The fraction of sp³-hybridized carbons (Fsp3) is 0.462. The molecule has 0 spiro atoms. The lowest BCUT2D eigenvalue weighted by Crippen LogP contribution is -2.38. The number of aliphatic hydroxyl groups is 1. The van der Waals surface area contributed by atoms with Crippen LogP contribution in [0.4, 0.5) is 0 Å². The average molecular weight is 316 g/mol. The molecule has 0 fully saturated rings. The molecule has 1 amide bonds. The fourth-order valence-electron chi connectivity index (χ4n) is 1.68. The van der Waals surface area contributed by atoms with E-state index in [0.29, 0.717) is 13.0 Å². The van der Waals surface area contributed by atoms with E-state index in [1.54, 1.807) is 17.0 Å². The molecule has 5 heteroatoms. The minimum absolute atomic E-state index is 0.0205. The molecule has 0 aliphatic carbocycles. The van der Waals surface area contributed by atoms with Crippen molar-refractivity contribution in [3.05, 3.63) is 28.2 Å². The summed E-state index contributed by atoms with van der Waals surface area (Å²) in [4.78, 5) is 13.9. The second-order valence-electron chi connectivity index (χ2n) is 4.33. The van der Waals surface area contributed by atoms with Crippen molar-refractivity contribution < 1.29 is 15.0 Å². The first kappa shape index (κ1) is 15.0. The Balaban J connectivity index is 2.94. The van der Waals surface area contributed by atoms with Gasteiger partial charge in [-0.25, -0.2) is 0 Å². The molecule has 4 nitrogen and oxygen atoms in total. The van der Waals surface area contributed by atoms with E-state index in [-0.39, 0.29) is 29.9 Å². The van der Waals surface area contributed by atoms with Gasteiger partial charge in [-0.15, -0.1) is 0 Å². The minimum atomic E-state index is -0.219. The summed E-state index contributed by atoms with van der Waals surface area (Å²) in [5, 5.41) is 18.6. The number of aliphatic hydroxyl groups excluding tert-OH is 1. The Bertz CT molecular complexity index is 421. The molecule has 0 unspecified atom stereocenters. The Hall–Kier alpha value is -1.07. The van der Waals surface area contributed by atoms with Crippen molar-refractivity contribution in [2.75, 3.05) is 13.2 Å². The molecule has 18 heavy (non-hydrogen) atoms. The summed E-state index contributed by atoms with van der Waals surface area (Å²) < 4.78 is 0.725. The number of carbonyl (C=O) groups excluding carboxylic acids is 1. The van der Waals surface area contributed by atoms with Crippen LogP contribution < -0.4 is 0 Å². The van der Waals surface area contributed by atoms with Gasteiger partial charge in [0.2, 0.25) is 0 Å².